The summed E-state index contributed by atoms with van der Waals surface area (Å²) in [4.78, 5) is 19.1. The van der Waals surface area contributed by atoms with Crippen LogP contribution in [0.15, 0.2) is 89.9 Å². The van der Waals surface area contributed by atoms with Crippen LogP contribution < -0.4 is 5.32 Å². The maximum absolute atomic E-state index is 14.1. The van der Waals surface area contributed by atoms with Crippen LogP contribution in [-0.4, -0.2) is 27.8 Å². The molecular weight excluding hydrogens is 440 g/mol. The highest BCUT2D eigenvalue weighted by atomic mass is 32.2. The summed E-state index contributed by atoms with van der Waals surface area (Å²) in [5.74, 6) is 0.527. The Morgan fingerprint density at radius 2 is 1.62 bits per heavy atom. The molecule has 0 spiro atoms. The lowest BCUT2D eigenvalue weighted by molar-refractivity contribution is -0.124. The lowest BCUT2D eigenvalue weighted by Gasteiger charge is -2.34. The van der Waals surface area contributed by atoms with Crippen molar-refractivity contribution in [3.63, 3.8) is 0 Å². The van der Waals surface area contributed by atoms with Gasteiger partial charge >= 0.3 is 0 Å². The monoisotopic (exact) mass is 470 g/mol. The summed E-state index contributed by atoms with van der Waals surface area (Å²) in [5, 5.41) is 3.43. The van der Waals surface area contributed by atoms with Gasteiger partial charge in [-0.1, -0.05) is 78.9 Å². The van der Waals surface area contributed by atoms with Crippen molar-refractivity contribution in [2.45, 2.75) is 31.2 Å². The fourth-order valence-corrected chi connectivity index (χ4v) is 5.64. The van der Waals surface area contributed by atoms with E-state index in [1.165, 1.54) is 0 Å². The number of rotatable bonds is 8. The van der Waals surface area contributed by atoms with Crippen LogP contribution in [0.2, 0.25) is 0 Å². The molecule has 4 unspecified atom stereocenters. The molecule has 1 heterocycles. The first-order valence-electron chi connectivity index (χ1n) is 12.0. The van der Waals surface area contributed by atoms with E-state index in [1.807, 2.05) is 60.7 Å². The van der Waals surface area contributed by atoms with E-state index in [-0.39, 0.29) is 23.8 Å². The molecule has 3 aromatic rings. The normalized spacial score (nSPS) is 21.1. The number of nitrogens with zero attached hydrogens (tertiary/aromatic N) is 1. The van der Waals surface area contributed by atoms with Crippen LogP contribution in [0.5, 0.6) is 0 Å². The van der Waals surface area contributed by atoms with Crippen molar-refractivity contribution >= 4 is 28.1 Å². The summed E-state index contributed by atoms with van der Waals surface area (Å²) in [6.07, 6.45) is 4.64. The first kappa shape index (κ1) is 22.7. The van der Waals surface area contributed by atoms with Crippen molar-refractivity contribution in [1.82, 2.24) is 5.32 Å². The third-order valence-corrected chi connectivity index (χ3v) is 7.70. The number of carbonyl (C=O) groups is 1. The molecule has 1 fully saturated rings. The van der Waals surface area contributed by atoms with Gasteiger partial charge in [-0.25, -0.2) is 0 Å². The second-order valence-corrected chi connectivity index (χ2v) is 10.9. The van der Waals surface area contributed by atoms with Crippen molar-refractivity contribution in [2.24, 2.45) is 16.8 Å². The van der Waals surface area contributed by atoms with Crippen molar-refractivity contribution in [3.05, 3.63) is 102 Å². The molecule has 5 heteroatoms. The first-order valence-corrected chi connectivity index (χ1v) is 13.7. The third kappa shape index (κ3) is 4.90. The van der Waals surface area contributed by atoms with Crippen molar-refractivity contribution in [3.8, 4) is 0 Å². The number of aliphatic imine (C=N–C) groups is 1. The molecule has 0 saturated heterocycles. The van der Waals surface area contributed by atoms with E-state index in [2.05, 4.69) is 29.6 Å². The average molecular weight is 471 g/mol. The fraction of sp³-hybridized carbons (Fsp3) is 0.310. The summed E-state index contributed by atoms with van der Waals surface area (Å²) < 4.78 is 12.1. The van der Waals surface area contributed by atoms with Gasteiger partial charge in [0.05, 0.1) is 23.4 Å². The van der Waals surface area contributed by atoms with Crippen LogP contribution in [0.1, 0.15) is 47.9 Å². The fourth-order valence-electron chi connectivity index (χ4n) is 5.05. The molecule has 174 valence electrons. The van der Waals surface area contributed by atoms with Gasteiger partial charge in [0.25, 0.3) is 0 Å². The van der Waals surface area contributed by atoms with Crippen LogP contribution in [0.3, 0.4) is 0 Å². The lowest BCUT2D eigenvalue weighted by Crippen LogP contribution is -2.41. The Kier molecular flexibility index (Phi) is 6.73. The molecule has 1 amide bonds. The Labute approximate surface area is 204 Å². The van der Waals surface area contributed by atoms with Crippen LogP contribution in [-0.2, 0) is 15.6 Å². The maximum atomic E-state index is 14.1. The highest BCUT2D eigenvalue weighted by molar-refractivity contribution is 7.84. The molecule has 2 aliphatic rings. The van der Waals surface area contributed by atoms with Gasteiger partial charge in [0.2, 0.25) is 5.91 Å². The van der Waals surface area contributed by atoms with Crippen molar-refractivity contribution in [1.29, 1.82) is 0 Å². The molecule has 1 saturated carbocycles. The highest BCUT2D eigenvalue weighted by Gasteiger charge is 2.41. The zero-order valence-electron chi connectivity index (χ0n) is 19.4. The summed E-state index contributed by atoms with van der Waals surface area (Å²) in [6, 6.07) is 28.4. The molecule has 4 nitrogen and oxygen atoms in total. The smallest absolute Gasteiger partial charge is 0.228 e. The molecule has 1 aliphatic heterocycles. The number of carbonyl (C=O) groups excluding carboxylic acids is 1. The zero-order chi connectivity index (χ0) is 23.5. The third-order valence-electron chi connectivity index (χ3n) is 6.88. The second-order valence-electron chi connectivity index (χ2n) is 9.31. The van der Waals surface area contributed by atoms with Crippen LogP contribution in [0, 0.1) is 11.8 Å². The predicted octanol–water partition coefficient (Wildman–Crippen LogP) is 5.56. The molecule has 34 heavy (non-hydrogen) atoms. The van der Waals surface area contributed by atoms with Gasteiger partial charge in [0.1, 0.15) is 0 Å². The summed E-state index contributed by atoms with van der Waals surface area (Å²) in [5.41, 5.74) is 4.88. The van der Waals surface area contributed by atoms with Crippen molar-refractivity contribution in [2.75, 3.05) is 12.0 Å². The largest absolute Gasteiger partial charge is 0.348 e. The number of fused-ring (bicyclic) bond motifs is 1. The minimum Gasteiger partial charge on any atom is -0.348 e. The highest BCUT2D eigenvalue weighted by Crippen LogP contribution is 2.44. The lowest BCUT2D eigenvalue weighted by atomic mass is 9.75. The standard InChI is InChI=1S/C29H30N2O2S/c1-34(33)19-18-24-26(29(32)31-27(22-16-17-22)20-10-4-2-5-11-20)23-14-8-9-15-25(23)30-28(24)21-12-6-3-7-13-21/h2-15,22,24,26-27H,16-19H2,1H3,(H,31,32). The molecule has 0 radical (unpaired) electrons. The Morgan fingerprint density at radius 3 is 2.29 bits per heavy atom. The zero-order valence-corrected chi connectivity index (χ0v) is 20.2. The minimum atomic E-state index is -0.949. The van der Waals surface area contributed by atoms with E-state index in [0.29, 0.717) is 18.1 Å². The van der Waals surface area contributed by atoms with E-state index in [4.69, 9.17) is 4.99 Å². The van der Waals surface area contributed by atoms with Gasteiger partial charge in [-0.3, -0.25) is 14.0 Å². The SMILES string of the molecule is CS(=O)CCC1C(c2ccccc2)=Nc2ccccc2C1C(=O)NC(c1ccccc1)C1CC1. The van der Waals surface area contributed by atoms with Crippen molar-refractivity contribution < 1.29 is 9.00 Å². The van der Waals surface area contributed by atoms with Gasteiger partial charge in [0, 0.05) is 28.7 Å². The van der Waals surface area contributed by atoms with E-state index in [9.17, 15) is 9.00 Å². The van der Waals surface area contributed by atoms with E-state index >= 15 is 0 Å². The Bertz CT molecular complexity index is 1210. The van der Waals surface area contributed by atoms with Gasteiger partial charge in [-0.05, 0) is 47.9 Å². The van der Waals surface area contributed by atoms with Crippen LogP contribution in [0.4, 0.5) is 5.69 Å². The predicted molar refractivity (Wildman–Crippen MR) is 139 cm³/mol. The van der Waals surface area contributed by atoms with E-state index in [0.717, 1.165) is 40.9 Å². The molecule has 4 atom stereocenters. The van der Waals surface area contributed by atoms with Gasteiger partial charge in [-0.2, -0.15) is 0 Å². The average Bonchev–Trinajstić information content (AvgIpc) is 3.71. The number of hydrogen-bond acceptors (Lipinski definition) is 3. The molecule has 0 aromatic heterocycles. The number of nitrogens with one attached hydrogen (secondary N) is 1. The number of para-hydroxylation sites is 1. The van der Waals surface area contributed by atoms with Gasteiger partial charge in [0.15, 0.2) is 0 Å². The second kappa shape index (κ2) is 10.1. The number of amides is 1. The topological polar surface area (TPSA) is 58.5 Å². The summed E-state index contributed by atoms with van der Waals surface area (Å²) in [7, 11) is -0.949. The van der Waals surface area contributed by atoms with Crippen LogP contribution in [0.25, 0.3) is 0 Å². The molecule has 3 aromatic carbocycles. The number of hydrogen-bond donors (Lipinski definition) is 1. The Balaban J connectivity index is 1.54. The van der Waals surface area contributed by atoms with Gasteiger partial charge in [-0.15, -0.1) is 0 Å². The maximum Gasteiger partial charge on any atom is 0.228 e. The summed E-state index contributed by atoms with van der Waals surface area (Å²) >= 11 is 0. The molecule has 1 N–H and O–H groups in total. The van der Waals surface area contributed by atoms with Crippen LogP contribution >= 0.6 is 0 Å². The molecule has 1 aliphatic carbocycles. The molecule has 0 bridgehead atoms. The van der Waals surface area contributed by atoms with E-state index in [1.54, 1.807) is 6.26 Å². The molecule has 5 rings (SSSR count). The van der Waals surface area contributed by atoms with Gasteiger partial charge < -0.3 is 5.32 Å². The Hall–Kier alpha value is -3.05. The minimum absolute atomic E-state index is 0.0147. The quantitative estimate of drug-likeness (QED) is 0.469. The number of benzene rings is 3. The summed E-state index contributed by atoms with van der Waals surface area (Å²) in [6.45, 7) is 0. The molecular formula is C29H30N2O2S. The first-order chi connectivity index (χ1) is 16.6. The van der Waals surface area contributed by atoms with E-state index < -0.39 is 10.8 Å². The Morgan fingerprint density at radius 1 is 0.971 bits per heavy atom.